The normalized spacial score (nSPS) is 11.1. The topological polar surface area (TPSA) is 95.2 Å². The first-order valence-electron chi connectivity index (χ1n) is 9.53. The summed E-state index contributed by atoms with van der Waals surface area (Å²) in [5.41, 5.74) is -0.424. The number of amides is 1. The van der Waals surface area contributed by atoms with Gasteiger partial charge in [-0.2, -0.15) is 0 Å². The van der Waals surface area contributed by atoms with Gasteiger partial charge in [0.05, 0.1) is 18.2 Å². The van der Waals surface area contributed by atoms with Crippen molar-refractivity contribution in [1.82, 2.24) is 14.1 Å². The molecule has 8 nitrogen and oxygen atoms in total. The number of hydrogen-bond acceptors (Lipinski definition) is 5. The van der Waals surface area contributed by atoms with Gasteiger partial charge in [0.2, 0.25) is 5.91 Å². The van der Waals surface area contributed by atoms with Gasteiger partial charge in [0, 0.05) is 17.8 Å². The van der Waals surface area contributed by atoms with Crippen molar-refractivity contribution in [2.75, 3.05) is 12.4 Å². The first-order chi connectivity index (χ1) is 14.3. The van der Waals surface area contributed by atoms with Crippen LogP contribution in [-0.4, -0.2) is 27.1 Å². The number of carbonyl (C=O) groups is 1. The second kappa shape index (κ2) is 9.13. The molecular weight excluding hydrogens is 408 g/mol. The van der Waals surface area contributed by atoms with Gasteiger partial charge in [-0.05, 0) is 42.7 Å². The number of rotatable bonds is 7. The van der Waals surface area contributed by atoms with Gasteiger partial charge in [0.15, 0.2) is 0 Å². The summed E-state index contributed by atoms with van der Waals surface area (Å²) in [5.74, 6) is 0.275. The molecule has 2 heterocycles. The van der Waals surface area contributed by atoms with Crippen molar-refractivity contribution in [3.8, 4) is 5.75 Å². The Labute approximate surface area is 178 Å². The zero-order valence-corrected chi connectivity index (χ0v) is 17.8. The Morgan fingerprint density at radius 3 is 2.70 bits per heavy atom. The van der Waals surface area contributed by atoms with Crippen molar-refractivity contribution in [2.45, 2.75) is 33.4 Å². The molecule has 1 aromatic carbocycles. The average molecular weight is 431 g/mol. The molecule has 3 rings (SSSR count). The number of pyridine rings is 1. The zero-order chi connectivity index (χ0) is 21.8. The molecule has 158 valence electrons. The van der Waals surface area contributed by atoms with Crippen molar-refractivity contribution >= 4 is 34.2 Å². The lowest BCUT2D eigenvalue weighted by Crippen LogP contribution is -2.42. The van der Waals surface area contributed by atoms with Crippen molar-refractivity contribution in [3.05, 3.63) is 62.4 Å². The quantitative estimate of drug-likeness (QED) is 0.621. The van der Waals surface area contributed by atoms with Gasteiger partial charge >= 0.3 is 5.69 Å². The second-order valence-corrected chi connectivity index (χ2v) is 7.71. The molecule has 9 heteroatoms. The highest BCUT2D eigenvalue weighted by Gasteiger charge is 2.17. The van der Waals surface area contributed by atoms with E-state index in [2.05, 4.69) is 10.3 Å². The van der Waals surface area contributed by atoms with Crippen LogP contribution in [0.5, 0.6) is 5.75 Å². The zero-order valence-electron chi connectivity index (χ0n) is 17.0. The minimum absolute atomic E-state index is 0.168. The molecule has 0 aliphatic carbocycles. The number of benzene rings is 1. The monoisotopic (exact) mass is 430 g/mol. The number of anilines is 1. The molecule has 0 fully saturated rings. The third-order valence-corrected chi connectivity index (χ3v) is 4.88. The third-order valence-electron chi connectivity index (χ3n) is 4.65. The first-order valence-corrected chi connectivity index (χ1v) is 9.91. The molecular formula is C21H23ClN4O4. The lowest BCUT2D eigenvalue weighted by molar-refractivity contribution is -0.116. The molecule has 0 atom stereocenters. The maximum Gasteiger partial charge on any atom is 0.333 e. The van der Waals surface area contributed by atoms with Gasteiger partial charge in [-0.25, -0.2) is 9.78 Å². The molecule has 0 aliphatic rings. The number of hydrogen-bond donors (Lipinski definition) is 1. The summed E-state index contributed by atoms with van der Waals surface area (Å²) in [6.45, 7) is 3.98. The van der Waals surface area contributed by atoms with E-state index in [0.717, 1.165) is 4.57 Å². The summed E-state index contributed by atoms with van der Waals surface area (Å²) in [7, 11) is 1.48. The minimum Gasteiger partial charge on any atom is -0.495 e. The van der Waals surface area contributed by atoms with Crippen LogP contribution in [0.1, 0.15) is 20.3 Å². The molecule has 2 aromatic heterocycles. The van der Waals surface area contributed by atoms with E-state index in [1.807, 2.05) is 13.8 Å². The Hall–Kier alpha value is -3.13. The molecule has 1 amide bonds. The van der Waals surface area contributed by atoms with E-state index in [-0.39, 0.29) is 24.1 Å². The predicted molar refractivity (Wildman–Crippen MR) is 116 cm³/mol. The third kappa shape index (κ3) is 4.54. The molecule has 3 aromatic rings. The molecule has 0 bridgehead atoms. The molecule has 0 spiro atoms. The number of fused-ring (bicyclic) bond motifs is 1. The summed E-state index contributed by atoms with van der Waals surface area (Å²) < 4.78 is 7.61. The standard InChI is InChI=1S/C21H23ClN4O4/c1-13(2)8-10-25-20(28)15-5-4-9-23-19(15)26(21(25)29)12-18(27)24-16-11-14(22)6-7-17(16)30-3/h4-7,9,11,13H,8,10,12H2,1-3H3,(H,24,27). The van der Waals surface area contributed by atoms with Crippen LogP contribution in [0, 0.1) is 5.92 Å². The summed E-state index contributed by atoms with van der Waals surface area (Å²) in [6, 6.07) is 8.06. The Morgan fingerprint density at radius 1 is 1.23 bits per heavy atom. The van der Waals surface area contributed by atoms with Gasteiger partial charge < -0.3 is 10.1 Å². The molecule has 0 unspecified atom stereocenters. The molecule has 0 saturated heterocycles. The number of aromatic nitrogens is 3. The van der Waals surface area contributed by atoms with Crippen molar-refractivity contribution in [1.29, 1.82) is 0 Å². The highest BCUT2D eigenvalue weighted by Crippen LogP contribution is 2.27. The number of carbonyl (C=O) groups excluding carboxylic acids is 1. The van der Waals surface area contributed by atoms with E-state index in [1.54, 1.807) is 30.3 Å². The van der Waals surface area contributed by atoms with Crippen LogP contribution in [0.2, 0.25) is 5.02 Å². The number of nitrogens with zero attached hydrogens (tertiary/aromatic N) is 3. The van der Waals surface area contributed by atoms with E-state index >= 15 is 0 Å². The smallest absolute Gasteiger partial charge is 0.333 e. The van der Waals surface area contributed by atoms with Gasteiger partial charge in [-0.3, -0.25) is 18.7 Å². The van der Waals surface area contributed by atoms with Crippen LogP contribution < -0.4 is 21.3 Å². The summed E-state index contributed by atoms with van der Waals surface area (Å²) >= 11 is 6.01. The van der Waals surface area contributed by atoms with Crippen LogP contribution in [0.3, 0.4) is 0 Å². The Balaban J connectivity index is 2.01. The molecule has 0 saturated carbocycles. The SMILES string of the molecule is COc1ccc(Cl)cc1NC(=O)Cn1c(=O)n(CCC(C)C)c(=O)c2cccnc21. The van der Waals surface area contributed by atoms with Crippen LogP contribution in [-0.2, 0) is 17.9 Å². The fourth-order valence-corrected chi connectivity index (χ4v) is 3.26. The van der Waals surface area contributed by atoms with E-state index in [9.17, 15) is 14.4 Å². The lowest BCUT2D eigenvalue weighted by Gasteiger charge is -2.15. The summed E-state index contributed by atoms with van der Waals surface area (Å²) in [6.07, 6.45) is 2.14. The van der Waals surface area contributed by atoms with E-state index < -0.39 is 17.2 Å². The summed E-state index contributed by atoms with van der Waals surface area (Å²) in [4.78, 5) is 42.7. The summed E-state index contributed by atoms with van der Waals surface area (Å²) in [5, 5.41) is 3.42. The molecule has 0 radical (unpaired) electrons. The molecule has 0 aliphatic heterocycles. The second-order valence-electron chi connectivity index (χ2n) is 7.28. The fraction of sp³-hybridized carbons (Fsp3) is 0.333. The maximum atomic E-state index is 13.0. The Morgan fingerprint density at radius 2 is 2.00 bits per heavy atom. The Bertz CT molecular complexity index is 1200. The van der Waals surface area contributed by atoms with Crippen molar-refractivity contribution in [2.24, 2.45) is 5.92 Å². The van der Waals surface area contributed by atoms with E-state index in [0.29, 0.717) is 28.8 Å². The largest absolute Gasteiger partial charge is 0.495 e. The van der Waals surface area contributed by atoms with Crippen LogP contribution in [0.4, 0.5) is 5.69 Å². The van der Waals surface area contributed by atoms with Gasteiger partial charge in [0.1, 0.15) is 17.9 Å². The van der Waals surface area contributed by atoms with Crippen molar-refractivity contribution < 1.29 is 9.53 Å². The number of halogens is 1. The first kappa shape index (κ1) is 21.6. The number of methoxy groups -OCH3 is 1. The Kier molecular flexibility index (Phi) is 6.56. The van der Waals surface area contributed by atoms with E-state index in [1.165, 1.54) is 17.9 Å². The highest BCUT2D eigenvalue weighted by molar-refractivity contribution is 6.31. The molecule has 30 heavy (non-hydrogen) atoms. The predicted octanol–water partition coefficient (Wildman–Crippen LogP) is 2.91. The lowest BCUT2D eigenvalue weighted by atomic mass is 10.1. The molecule has 1 N–H and O–H groups in total. The van der Waals surface area contributed by atoms with Gasteiger partial charge in [-0.1, -0.05) is 25.4 Å². The number of ether oxygens (including phenoxy) is 1. The van der Waals surface area contributed by atoms with Crippen LogP contribution in [0.15, 0.2) is 46.1 Å². The van der Waals surface area contributed by atoms with Crippen LogP contribution in [0.25, 0.3) is 11.0 Å². The fourth-order valence-electron chi connectivity index (χ4n) is 3.09. The highest BCUT2D eigenvalue weighted by atomic mass is 35.5. The van der Waals surface area contributed by atoms with Gasteiger partial charge in [0.25, 0.3) is 5.56 Å². The maximum absolute atomic E-state index is 13.0. The van der Waals surface area contributed by atoms with E-state index in [4.69, 9.17) is 16.3 Å². The van der Waals surface area contributed by atoms with Gasteiger partial charge in [-0.15, -0.1) is 0 Å². The van der Waals surface area contributed by atoms with Crippen molar-refractivity contribution in [3.63, 3.8) is 0 Å². The minimum atomic E-state index is -0.569. The van der Waals surface area contributed by atoms with Crippen LogP contribution >= 0.6 is 11.6 Å². The average Bonchev–Trinajstić information content (AvgIpc) is 2.71. The number of nitrogens with one attached hydrogen (secondary N) is 1.